The highest BCUT2D eigenvalue weighted by atomic mass is 32.1. The third-order valence-electron chi connectivity index (χ3n) is 3.15. The van der Waals surface area contributed by atoms with Crippen molar-refractivity contribution in [2.75, 3.05) is 13.1 Å². The van der Waals surface area contributed by atoms with Crippen molar-refractivity contribution in [3.63, 3.8) is 0 Å². The van der Waals surface area contributed by atoms with Crippen molar-refractivity contribution in [3.05, 3.63) is 29.0 Å². The molecule has 16 heavy (non-hydrogen) atoms. The van der Waals surface area contributed by atoms with Crippen molar-refractivity contribution < 1.29 is 0 Å². The molecule has 1 aliphatic heterocycles. The first-order valence-electron chi connectivity index (χ1n) is 5.64. The van der Waals surface area contributed by atoms with E-state index in [2.05, 4.69) is 33.7 Å². The largest absolute Gasteiger partial charge is 0.341 e. The minimum Gasteiger partial charge on any atom is -0.341 e. The second-order valence-electron chi connectivity index (χ2n) is 4.30. The smallest absolute Gasteiger partial charge is 0.110 e. The summed E-state index contributed by atoms with van der Waals surface area (Å²) < 4.78 is 0. The Kier molecular flexibility index (Phi) is 2.53. The van der Waals surface area contributed by atoms with E-state index in [0.29, 0.717) is 5.92 Å². The van der Waals surface area contributed by atoms with Crippen molar-refractivity contribution in [2.24, 2.45) is 0 Å². The number of nitrogens with one attached hydrogen (secondary N) is 2. The van der Waals surface area contributed by atoms with E-state index in [4.69, 9.17) is 0 Å². The first-order valence-corrected chi connectivity index (χ1v) is 6.52. The van der Waals surface area contributed by atoms with E-state index in [1.165, 1.54) is 16.9 Å². The summed E-state index contributed by atoms with van der Waals surface area (Å²) in [5.74, 6) is 1.70. The number of nitrogens with zero attached hydrogens (tertiary/aromatic N) is 1. The number of aromatic amines is 1. The molecule has 0 aliphatic carbocycles. The summed E-state index contributed by atoms with van der Waals surface area (Å²) in [7, 11) is 0. The fraction of sp³-hybridized carbons (Fsp3) is 0.417. The van der Waals surface area contributed by atoms with Crippen LogP contribution in [0.25, 0.3) is 10.6 Å². The minimum absolute atomic E-state index is 0.564. The summed E-state index contributed by atoms with van der Waals surface area (Å²) in [5.41, 5.74) is 2.49. The van der Waals surface area contributed by atoms with Gasteiger partial charge in [-0.1, -0.05) is 0 Å². The molecule has 2 aromatic rings. The Labute approximate surface area is 98.9 Å². The van der Waals surface area contributed by atoms with Crippen molar-refractivity contribution in [2.45, 2.75) is 19.3 Å². The van der Waals surface area contributed by atoms with E-state index in [-0.39, 0.29) is 0 Å². The van der Waals surface area contributed by atoms with Crippen LogP contribution in [0.1, 0.15) is 23.7 Å². The van der Waals surface area contributed by atoms with Gasteiger partial charge in [-0.25, -0.2) is 4.98 Å². The van der Waals surface area contributed by atoms with Crippen LogP contribution in [0, 0.1) is 6.92 Å². The molecule has 0 spiro atoms. The van der Waals surface area contributed by atoms with Crippen molar-refractivity contribution >= 4 is 11.3 Å². The summed E-state index contributed by atoms with van der Waals surface area (Å²) in [6.45, 7) is 4.30. The number of imidazole rings is 1. The average Bonchev–Trinajstić information content (AvgIpc) is 2.96. The lowest BCUT2D eigenvalue weighted by atomic mass is 10.1. The van der Waals surface area contributed by atoms with Crippen LogP contribution >= 0.6 is 11.3 Å². The van der Waals surface area contributed by atoms with Gasteiger partial charge in [-0.05, 0) is 36.9 Å². The molecule has 3 heterocycles. The summed E-state index contributed by atoms with van der Waals surface area (Å²) in [5, 5.41) is 5.50. The van der Waals surface area contributed by atoms with Gasteiger partial charge in [-0.2, -0.15) is 0 Å². The molecule has 1 unspecified atom stereocenters. The second kappa shape index (κ2) is 4.03. The standard InChI is InChI=1S/C12H15N3S/c1-8-3-5-16-11(8)10-7-14-12(15-10)9-2-4-13-6-9/h3,5,7,9,13H,2,4,6H2,1H3,(H,14,15). The summed E-state index contributed by atoms with van der Waals surface area (Å²) in [6, 6.07) is 2.15. The van der Waals surface area contributed by atoms with Gasteiger partial charge in [0.1, 0.15) is 5.82 Å². The van der Waals surface area contributed by atoms with Crippen LogP contribution < -0.4 is 5.32 Å². The number of aromatic nitrogens is 2. The fourth-order valence-electron chi connectivity index (χ4n) is 2.20. The quantitative estimate of drug-likeness (QED) is 0.837. The summed E-state index contributed by atoms with van der Waals surface area (Å²) >= 11 is 1.77. The zero-order valence-electron chi connectivity index (χ0n) is 9.29. The Hall–Kier alpha value is -1.13. The fourth-order valence-corrected chi connectivity index (χ4v) is 3.09. The van der Waals surface area contributed by atoms with Gasteiger partial charge in [-0.15, -0.1) is 11.3 Å². The summed E-state index contributed by atoms with van der Waals surface area (Å²) in [6.07, 6.45) is 3.16. The number of thiophene rings is 1. The van der Waals surface area contributed by atoms with Gasteiger partial charge < -0.3 is 10.3 Å². The maximum atomic E-state index is 4.51. The molecule has 0 radical (unpaired) electrons. The zero-order chi connectivity index (χ0) is 11.0. The van der Waals surface area contributed by atoms with E-state index in [0.717, 1.165) is 24.6 Å². The van der Waals surface area contributed by atoms with Crippen LogP contribution in [0.5, 0.6) is 0 Å². The Bertz CT molecular complexity index is 480. The highest BCUT2D eigenvalue weighted by Gasteiger charge is 2.20. The molecule has 0 bridgehead atoms. The van der Waals surface area contributed by atoms with Gasteiger partial charge in [0.25, 0.3) is 0 Å². The molecule has 1 atom stereocenters. The summed E-state index contributed by atoms with van der Waals surface area (Å²) in [4.78, 5) is 9.27. The molecular formula is C12H15N3S. The minimum atomic E-state index is 0.564. The third-order valence-corrected chi connectivity index (χ3v) is 4.20. The molecule has 0 amide bonds. The number of H-pyrrole nitrogens is 1. The van der Waals surface area contributed by atoms with Crippen LogP contribution in [0.3, 0.4) is 0 Å². The van der Waals surface area contributed by atoms with Gasteiger partial charge in [0.2, 0.25) is 0 Å². The molecule has 0 saturated carbocycles. The Balaban J connectivity index is 1.90. The van der Waals surface area contributed by atoms with E-state index in [1.54, 1.807) is 11.3 Å². The van der Waals surface area contributed by atoms with E-state index in [9.17, 15) is 0 Å². The Morgan fingerprint density at radius 3 is 3.12 bits per heavy atom. The molecule has 3 nitrogen and oxygen atoms in total. The number of aryl methyl sites for hydroxylation is 1. The number of hydrogen-bond acceptors (Lipinski definition) is 3. The van der Waals surface area contributed by atoms with Crippen molar-refractivity contribution in [3.8, 4) is 10.6 Å². The van der Waals surface area contributed by atoms with E-state index < -0.39 is 0 Å². The van der Waals surface area contributed by atoms with E-state index >= 15 is 0 Å². The maximum Gasteiger partial charge on any atom is 0.110 e. The van der Waals surface area contributed by atoms with Crippen LogP contribution in [0.15, 0.2) is 17.6 Å². The Morgan fingerprint density at radius 2 is 2.44 bits per heavy atom. The molecular weight excluding hydrogens is 218 g/mol. The van der Waals surface area contributed by atoms with E-state index in [1.807, 2.05) is 6.20 Å². The normalized spacial score (nSPS) is 20.4. The molecule has 4 heteroatoms. The van der Waals surface area contributed by atoms with Crippen LogP contribution in [-0.4, -0.2) is 23.1 Å². The van der Waals surface area contributed by atoms with Gasteiger partial charge in [-0.3, -0.25) is 0 Å². The number of rotatable bonds is 2. The predicted octanol–water partition coefficient (Wildman–Crippen LogP) is 2.52. The Morgan fingerprint density at radius 1 is 1.50 bits per heavy atom. The SMILES string of the molecule is Cc1ccsc1-c1cnc(C2CCNC2)[nH]1. The average molecular weight is 233 g/mol. The molecule has 1 saturated heterocycles. The lowest BCUT2D eigenvalue weighted by molar-refractivity contribution is 0.715. The molecule has 3 rings (SSSR count). The lowest BCUT2D eigenvalue weighted by Crippen LogP contribution is -2.08. The molecule has 2 aromatic heterocycles. The number of hydrogen-bond donors (Lipinski definition) is 2. The highest BCUT2D eigenvalue weighted by Crippen LogP contribution is 2.29. The predicted molar refractivity (Wildman–Crippen MR) is 66.9 cm³/mol. The van der Waals surface area contributed by atoms with Gasteiger partial charge in [0, 0.05) is 12.5 Å². The molecule has 0 aromatic carbocycles. The first kappa shape index (κ1) is 10.1. The van der Waals surface area contributed by atoms with Crippen LogP contribution in [0.2, 0.25) is 0 Å². The molecule has 84 valence electrons. The van der Waals surface area contributed by atoms with Gasteiger partial charge in [0.05, 0.1) is 16.8 Å². The monoisotopic (exact) mass is 233 g/mol. The van der Waals surface area contributed by atoms with Crippen molar-refractivity contribution in [1.82, 2.24) is 15.3 Å². The van der Waals surface area contributed by atoms with Gasteiger partial charge >= 0.3 is 0 Å². The van der Waals surface area contributed by atoms with Gasteiger partial charge in [0.15, 0.2) is 0 Å². The maximum absolute atomic E-state index is 4.51. The van der Waals surface area contributed by atoms with Crippen LogP contribution in [-0.2, 0) is 0 Å². The molecule has 1 aliphatic rings. The first-order chi connectivity index (χ1) is 7.84. The highest BCUT2D eigenvalue weighted by molar-refractivity contribution is 7.13. The topological polar surface area (TPSA) is 40.7 Å². The zero-order valence-corrected chi connectivity index (χ0v) is 10.1. The lowest BCUT2D eigenvalue weighted by Gasteiger charge is -2.02. The van der Waals surface area contributed by atoms with Crippen LogP contribution in [0.4, 0.5) is 0 Å². The van der Waals surface area contributed by atoms with Crippen molar-refractivity contribution in [1.29, 1.82) is 0 Å². The second-order valence-corrected chi connectivity index (χ2v) is 5.22. The molecule has 2 N–H and O–H groups in total. The third kappa shape index (κ3) is 1.68. The molecule has 1 fully saturated rings.